The van der Waals surface area contributed by atoms with Crippen molar-refractivity contribution in [3.05, 3.63) is 53.9 Å². The zero-order valence-corrected chi connectivity index (χ0v) is 13.4. The highest BCUT2D eigenvalue weighted by atomic mass is 16.5. The SMILES string of the molecule is CC[C@@H](Oc1ccc2c(c1)CCCC2)C(=O)Nc1cccnc1. The van der Waals surface area contributed by atoms with Crippen LogP contribution in [0.25, 0.3) is 0 Å². The van der Waals surface area contributed by atoms with Crippen LogP contribution in [0.1, 0.15) is 37.3 Å². The van der Waals surface area contributed by atoms with Gasteiger partial charge < -0.3 is 10.1 Å². The molecule has 120 valence electrons. The van der Waals surface area contributed by atoms with Gasteiger partial charge >= 0.3 is 0 Å². The second kappa shape index (κ2) is 7.27. The summed E-state index contributed by atoms with van der Waals surface area (Å²) >= 11 is 0. The Bertz CT molecular complexity index is 670. The van der Waals surface area contributed by atoms with Gasteiger partial charge in [-0.25, -0.2) is 0 Å². The maximum Gasteiger partial charge on any atom is 0.265 e. The van der Waals surface area contributed by atoms with Gasteiger partial charge in [0.2, 0.25) is 0 Å². The van der Waals surface area contributed by atoms with Gasteiger partial charge in [-0.15, -0.1) is 0 Å². The van der Waals surface area contributed by atoms with Crippen LogP contribution in [-0.2, 0) is 17.6 Å². The molecule has 1 N–H and O–H groups in total. The number of carbonyl (C=O) groups excluding carboxylic acids is 1. The average molecular weight is 310 g/mol. The van der Waals surface area contributed by atoms with Crippen molar-refractivity contribution in [3.8, 4) is 5.75 Å². The van der Waals surface area contributed by atoms with Crippen molar-refractivity contribution < 1.29 is 9.53 Å². The Hall–Kier alpha value is -2.36. The van der Waals surface area contributed by atoms with Crippen LogP contribution < -0.4 is 10.1 Å². The highest BCUT2D eigenvalue weighted by molar-refractivity contribution is 5.94. The number of benzene rings is 1. The predicted octanol–water partition coefficient (Wildman–Crippen LogP) is 3.76. The van der Waals surface area contributed by atoms with Crippen LogP contribution in [0.5, 0.6) is 5.75 Å². The number of aryl methyl sites for hydroxylation is 2. The average Bonchev–Trinajstić information content (AvgIpc) is 2.60. The number of amides is 1. The van der Waals surface area contributed by atoms with E-state index < -0.39 is 6.10 Å². The van der Waals surface area contributed by atoms with Gasteiger partial charge in [0.05, 0.1) is 11.9 Å². The fourth-order valence-electron chi connectivity index (χ4n) is 2.93. The van der Waals surface area contributed by atoms with Crippen molar-refractivity contribution in [2.75, 3.05) is 5.32 Å². The minimum atomic E-state index is -0.503. The predicted molar refractivity (Wildman–Crippen MR) is 90.7 cm³/mol. The molecule has 0 saturated heterocycles. The number of nitrogens with one attached hydrogen (secondary N) is 1. The minimum Gasteiger partial charge on any atom is -0.481 e. The van der Waals surface area contributed by atoms with Crippen LogP contribution in [0, 0.1) is 0 Å². The molecular weight excluding hydrogens is 288 g/mol. The van der Waals surface area contributed by atoms with E-state index in [0.29, 0.717) is 12.1 Å². The van der Waals surface area contributed by atoms with Crippen molar-refractivity contribution >= 4 is 11.6 Å². The molecule has 23 heavy (non-hydrogen) atoms. The summed E-state index contributed by atoms with van der Waals surface area (Å²) in [5.41, 5.74) is 3.46. The van der Waals surface area contributed by atoms with Gasteiger partial charge in [-0.05, 0) is 67.5 Å². The highest BCUT2D eigenvalue weighted by Gasteiger charge is 2.19. The van der Waals surface area contributed by atoms with Crippen LogP contribution >= 0.6 is 0 Å². The smallest absolute Gasteiger partial charge is 0.265 e. The number of anilines is 1. The van der Waals surface area contributed by atoms with Crippen molar-refractivity contribution in [1.29, 1.82) is 0 Å². The van der Waals surface area contributed by atoms with Gasteiger partial charge in [-0.1, -0.05) is 13.0 Å². The van der Waals surface area contributed by atoms with Crippen LogP contribution in [0.4, 0.5) is 5.69 Å². The van der Waals surface area contributed by atoms with Crippen LogP contribution in [0.3, 0.4) is 0 Å². The van der Waals surface area contributed by atoms with Crippen molar-refractivity contribution in [1.82, 2.24) is 4.98 Å². The van der Waals surface area contributed by atoms with Crippen LogP contribution in [0.15, 0.2) is 42.7 Å². The molecule has 0 saturated carbocycles. The summed E-state index contributed by atoms with van der Waals surface area (Å²) in [7, 11) is 0. The second-order valence-electron chi connectivity index (χ2n) is 5.88. The van der Waals surface area contributed by atoms with Gasteiger partial charge in [-0.3, -0.25) is 9.78 Å². The van der Waals surface area contributed by atoms with Gasteiger partial charge in [0.15, 0.2) is 6.10 Å². The monoisotopic (exact) mass is 310 g/mol. The summed E-state index contributed by atoms with van der Waals surface area (Å²) < 4.78 is 5.93. The molecule has 1 aromatic heterocycles. The largest absolute Gasteiger partial charge is 0.481 e. The third-order valence-corrected chi connectivity index (χ3v) is 4.19. The first-order chi connectivity index (χ1) is 11.3. The van der Waals surface area contributed by atoms with Gasteiger partial charge in [0, 0.05) is 6.20 Å². The fourth-order valence-corrected chi connectivity index (χ4v) is 2.93. The van der Waals surface area contributed by atoms with E-state index in [1.54, 1.807) is 18.5 Å². The molecule has 4 heteroatoms. The van der Waals surface area contributed by atoms with Crippen molar-refractivity contribution in [2.45, 2.75) is 45.1 Å². The molecular formula is C19H22N2O2. The first kappa shape index (κ1) is 15.5. The number of hydrogen-bond donors (Lipinski definition) is 1. The number of pyridine rings is 1. The van der Waals surface area contributed by atoms with Crippen molar-refractivity contribution in [3.63, 3.8) is 0 Å². The van der Waals surface area contributed by atoms with Crippen LogP contribution in [0.2, 0.25) is 0 Å². The summed E-state index contributed by atoms with van der Waals surface area (Å²) in [6.07, 6.45) is 8.16. The number of rotatable bonds is 5. The summed E-state index contributed by atoms with van der Waals surface area (Å²) in [5.74, 6) is 0.636. The normalized spacial score (nSPS) is 14.7. The molecule has 1 aliphatic rings. The molecule has 2 aromatic rings. The molecule has 0 bridgehead atoms. The zero-order valence-electron chi connectivity index (χ0n) is 13.4. The van der Waals surface area contributed by atoms with E-state index in [1.165, 1.54) is 24.0 Å². The first-order valence-electron chi connectivity index (χ1n) is 8.25. The van der Waals surface area contributed by atoms with E-state index in [1.807, 2.05) is 19.1 Å². The Morgan fingerprint density at radius 3 is 2.83 bits per heavy atom. The number of aromatic nitrogens is 1. The third kappa shape index (κ3) is 3.89. The summed E-state index contributed by atoms with van der Waals surface area (Å²) in [5, 5.41) is 2.85. The van der Waals surface area contributed by atoms with Gasteiger partial charge in [0.25, 0.3) is 5.91 Å². The lowest BCUT2D eigenvalue weighted by atomic mass is 9.92. The van der Waals surface area contributed by atoms with E-state index in [2.05, 4.69) is 22.4 Å². The van der Waals surface area contributed by atoms with Crippen LogP contribution in [-0.4, -0.2) is 17.0 Å². The highest BCUT2D eigenvalue weighted by Crippen LogP contribution is 2.26. The second-order valence-corrected chi connectivity index (χ2v) is 5.88. The third-order valence-electron chi connectivity index (χ3n) is 4.19. The Labute approximate surface area is 136 Å². The molecule has 0 radical (unpaired) electrons. The number of carbonyl (C=O) groups is 1. The standard InChI is InChI=1S/C19H22N2O2/c1-2-18(19(22)21-16-8-5-11-20-13-16)23-17-10-9-14-6-3-4-7-15(14)12-17/h5,8-13,18H,2-4,6-7H2,1H3,(H,21,22)/t18-/m1/s1. The summed E-state index contributed by atoms with van der Waals surface area (Å²) in [6, 6.07) is 9.81. The molecule has 1 amide bonds. The molecule has 0 unspecified atom stereocenters. The lowest BCUT2D eigenvalue weighted by Crippen LogP contribution is -2.32. The molecule has 1 heterocycles. The number of fused-ring (bicyclic) bond motifs is 1. The van der Waals surface area contributed by atoms with Gasteiger partial charge in [-0.2, -0.15) is 0 Å². The van der Waals surface area contributed by atoms with E-state index in [0.717, 1.165) is 18.6 Å². The topological polar surface area (TPSA) is 51.2 Å². The van der Waals surface area contributed by atoms with E-state index in [9.17, 15) is 4.79 Å². The Kier molecular flexibility index (Phi) is 4.91. The van der Waals surface area contributed by atoms with E-state index >= 15 is 0 Å². The number of ether oxygens (including phenoxy) is 1. The maximum absolute atomic E-state index is 12.4. The lowest BCUT2D eigenvalue weighted by molar-refractivity contribution is -0.122. The Balaban J connectivity index is 1.68. The molecule has 0 fully saturated rings. The molecule has 1 aromatic carbocycles. The minimum absolute atomic E-state index is 0.141. The zero-order chi connectivity index (χ0) is 16.1. The molecule has 0 aliphatic heterocycles. The van der Waals surface area contributed by atoms with E-state index in [-0.39, 0.29) is 5.91 Å². The number of hydrogen-bond acceptors (Lipinski definition) is 3. The molecule has 1 aliphatic carbocycles. The lowest BCUT2D eigenvalue weighted by Gasteiger charge is -2.20. The molecule has 4 nitrogen and oxygen atoms in total. The Morgan fingerprint density at radius 1 is 1.26 bits per heavy atom. The summed E-state index contributed by atoms with van der Waals surface area (Å²) in [4.78, 5) is 16.4. The van der Waals surface area contributed by atoms with Crippen molar-refractivity contribution in [2.24, 2.45) is 0 Å². The molecule has 1 atom stereocenters. The molecule has 0 spiro atoms. The first-order valence-corrected chi connectivity index (χ1v) is 8.25. The molecule has 3 rings (SSSR count). The fraction of sp³-hybridized carbons (Fsp3) is 0.368. The number of nitrogens with zero attached hydrogens (tertiary/aromatic N) is 1. The summed E-state index contributed by atoms with van der Waals surface area (Å²) in [6.45, 7) is 1.95. The van der Waals surface area contributed by atoms with E-state index in [4.69, 9.17) is 4.74 Å². The Morgan fingerprint density at radius 2 is 2.09 bits per heavy atom. The quantitative estimate of drug-likeness (QED) is 0.915. The van der Waals surface area contributed by atoms with Gasteiger partial charge in [0.1, 0.15) is 5.75 Å². The maximum atomic E-state index is 12.4.